The highest BCUT2D eigenvalue weighted by molar-refractivity contribution is 5.94. The summed E-state index contributed by atoms with van der Waals surface area (Å²) < 4.78 is 86.3. The maximum Gasteiger partial charge on any atom is 0.416 e. The Morgan fingerprint density at radius 3 is 2.05 bits per heavy atom. The molecule has 3 rings (SSSR count). The van der Waals surface area contributed by atoms with Crippen LogP contribution < -0.4 is 10.1 Å². The van der Waals surface area contributed by atoms with E-state index in [0.29, 0.717) is 12.1 Å². The molecule has 1 aliphatic rings. The van der Waals surface area contributed by atoms with Gasteiger partial charge in [-0.2, -0.15) is 26.3 Å². The molecule has 0 radical (unpaired) electrons. The monoisotopic (exact) mass is 621 g/mol. The first kappa shape index (κ1) is 35.0. The Bertz CT molecular complexity index is 1330. The molecule has 1 aliphatic heterocycles. The zero-order chi connectivity index (χ0) is 32.5. The number of ether oxygens (including phenoxy) is 1. The van der Waals surface area contributed by atoms with Crippen LogP contribution in [0.3, 0.4) is 0 Å². The summed E-state index contributed by atoms with van der Waals surface area (Å²) in [6.45, 7) is 9.53. The molecule has 0 aliphatic carbocycles. The molecule has 240 valence electrons. The van der Waals surface area contributed by atoms with Gasteiger partial charge in [0.15, 0.2) is 0 Å². The van der Waals surface area contributed by atoms with Crippen molar-refractivity contribution in [1.82, 2.24) is 4.90 Å². The molecule has 44 heavy (non-hydrogen) atoms. The summed E-state index contributed by atoms with van der Waals surface area (Å²) in [7, 11) is 2.10. The molecular formula is C34H41F6N3O. The van der Waals surface area contributed by atoms with Gasteiger partial charge in [0.1, 0.15) is 17.7 Å². The third kappa shape index (κ3) is 10.3. The number of likely N-dealkylation sites (tertiary alicyclic amines) is 1. The number of unbranched alkanes of at least 4 members (excludes halogenated alkanes) is 1. The van der Waals surface area contributed by atoms with E-state index >= 15 is 0 Å². The molecule has 1 heterocycles. The molecule has 0 bridgehead atoms. The van der Waals surface area contributed by atoms with E-state index in [-0.39, 0.29) is 23.7 Å². The highest BCUT2D eigenvalue weighted by Crippen LogP contribution is 2.38. The molecule has 0 amide bonds. The number of benzene rings is 2. The molecule has 4 nitrogen and oxygen atoms in total. The Morgan fingerprint density at radius 1 is 0.932 bits per heavy atom. The van der Waals surface area contributed by atoms with Gasteiger partial charge >= 0.3 is 12.4 Å². The molecule has 10 heteroatoms. The summed E-state index contributed by atoms with van der Waals surface area (Å²) in [5.74, 6) is 0.927. The van der Waals surface area contributed by atoms with Crippen LogP contribution in [0.1, 0.15) is 76.5 Å². The SMILES string of the molecule is CC\C=C(C(=C/N=C(C)Nc1cc(C(F)(F)F)cc(C(F)(F)F)c1)/C(C)=C/CCC)\c1ccc(OC2CCN(C)CC2)cc1. The van der Waals surface area contributed by atoms with Crippen molar-refractivity contribution < 1.29 is 31.1 Å². The van der Waals surface area contributed by atoms with Gasteiger partial charge in [0, 0.05) is 30.5 Å². The number of halogens is 6. The van der Waals surface area contributed by atoms with Crippen LogP contribution in [0.4, 0.5) is 32.0 Å². The van der Waals surface area contributed by atoms with Gasteiger partial charge in [-0.25, -0.2) is 4.99 Å². The smallest absolute Gasteiger partial charge is 0.416 e. The van der Waals surface area contributed by atoms with Crippen molar-refractivity contribution in [2.75, 3.05) is 25.5 Å². The second-order valence-electron chi connectivity index (χ2n) is 11.0. The summed E-state index contributed by atoms with van der Waals surface area (Å²) in [4.78, 5) is 6.72. The first-order chi connectivity index (χ1) is 20.7. The fraction of sp³-hybridized carbons (Fsp3) is 0.441. The molecule has 0 saturated carbocycles. The van der Waals surface area contributed by atoms with Gasteiger partial charge in [0.2, 0.25) is 0 Å². The quantitative estimate of drug-likeness (QED) is 0.124. The molecular weight excluding hydrogens is 580 g/mol. The number of amidine groups is 1. The molecule has 0 unspecified atom stereocenters. The number of alkyl halides is 6. The van der Waals surface area contributed by atoms with Crippen molar-refractivity contribution in [3.05, 3.63) is 88.7 Å². The third-order valence-corrected chi connectivity index (χ3v) is 7.30. The molecule has 1 N–H and O–H groups in total. The number of hydrogen-bond acceptors (Lipinski definition) is 3. The van der Waals surface area contributed by atoms with Gasteiger partial charge in [-0.3, -0.25) is 0 Å². The zero-order valence-electron chi connectivity index (χ0n) is 25.9. The number of nitrogens with one attached hydrogen (secondary N) is 1. The number of nitrogens with zero attached hydrogens (tertiary/aromatic N) is 2. The summed E-state index contributed by atoms with van der Waals surface area (Å²) in [6, 6.07) is 9.25. The van der Waals surface area contributed by atoms with E-state index in [2.05, 4.69) is 41.3 Å². The Morgan fingerprint density at radius 2 is 1.52 bits per heavy atom. The Kier molecular flexibility index (Phi) is 12.3. The number of piperidine rings is 1. The van der Waals surface area contributed by atoms with Gasteiger partial charge in [-0.05, 0) is 93.6 Å². The van der Waals surface area contributed by atoms with Crippen molar-refractivity contribution >= 4 is 17.1 Å². The number of hydrogen-bond donors (Lipinski definition) is 1. The normalized spacial score (nSPS) is 16.8. The van der Waals surface area contributed by atoms with Gasteiger partial charge < -0.3 is 15.0 Å². The lowest BCUT2D eigenvalue weighted by Gasteiger charge is -2.29. The molecule has 0 aromatic heterocycles. The van der Waals surface area contributed by atoms with Crippen LogP contribution in [-0.4, -0.2) is 37.0 Å². The molecule has 0 atom stereocenters. The van der Waals surface area contributed by atoms with Crippen LogP contribution in [0.2, 0.25) is 0 Å². The predicted molar refractivity (Wildman–Crippen MR) is 166 cm³/mol. The van der Waals surface area contributed by atoms with E-state index < -0.39 is 23.5 Å². The summed E-state index contributed by atoms with van der Waals surface area (Å²) in [6.07, 6.45) is 0.489. The molecule has 0 spiro atoms. The second kappa shape index (κ2) is 15.5. The van der Waals surface area contributed by atoms with Crippen molar-refractivity contribution in [3.8, 4) is 5.75 Å². The van der Waals surface area contributed by atoms with E-state index in [0.717, 1.165) is 73.2 Å². The van der Waals surface area contributed by atoms with Crippen LogP contribution in [0.25, 0.3) is 5.57 Å². The average molecular weight is 622 g/mol. The molecule has 2 aromatic carbocycles. The Labute approximate surface area is 256 Å². The Balaban J connectivity index is 1.94. The standard InChI is InChI=1S/C34H41F6N3O/c1-6-8-10-23(3)32(22-41-24(4)42-28-20-26(33(35,36)37)19-27(21-28)34(38,39)40)31(9-7-2)25-11-13-29(14-12-25)44-30-15-17-43(5)18-16-30/h9-14,19-22,30H,6-8,15-18H2,1-5H3,(H,41,42)/b23-10+,31-9-,32-22+. The maximum absolute atomic E-state index is 13.3. The van der Waals surface area contributed by atoms with Crippen LogP contribution in [-0.2, 0) is 12.4 Å². The summed E-state index contributed by atoms with van der Waals surface area (Å²) >= 11 is 0. The van der Waals surface area contributed by atoms with Gasteiger partial charge in [-0.1, -0.05) is 44.6 Å². The van der Waals surface area contributed by atoms with Crippen LogP contribution >= 0.6 is 0 Å². The van der Waals surface area contributed by atoms with Gasteiger partial charge in [-0.15, -0.1) is 0 Å². The topological polar surface area (TPSA) is 36.9 Å². The first-order valence-electron chi connectivity index (χ1n) is 14.9. The minimum absolute atomic E-state index is 0.101. The number of allylic oxidation sites excluding steroid dienone is 5. The van der Waals surface area contributed by atoms with Crippen LogP contribution in [0, 0.1) is 0 Å². The second-order valence-corrected chi connectivity index (χ2v) is 11.0. The number of rotatable bonds is 10. The molecule has 1 saturated heterocycles. The van der Waals surface area contributed by atoms with E-state index in [1.54, 1.807) is 6.20 Å². The molecule has 2 aromatic rings. The summed E-state index contributed by atoms with van der Waals surface area (Å²) in [5.41, 5.74) is 0.455. The highest BCUT2D eigenvalue weighted by Gasteiger charge is 2.37. The maximum atomic E-state index is 13.3. The average Bonchev–Trinajstić information content (AvgIpc) is 2.96. The van der Waals surface area contributed by atoms with Crippen molar-refractivity contribution in [1.29, 1.82) is 0 Å². The van der Waals surface area contributed by atoms with Crippen LogP contribution in [0.5, 0.6) is 5.75 Å². The highest BCUT2D eigenvalue weighted by atomic mass is 19.4. The first-order valence-corrected chi connectivity index (χ1v) is 14.9. The number of anilines is 1. The van der Waals surface area contributed by atoms with E-state index in [1.807, 2.05) is 38.1 Å². The lowest BCUT2D eigenvalue weighted by atomic mass is 9.92. The fourth-order valence-electron chi connectivity index (χ4n) is 4.88. The lowest BCUT2D eigenvalue weighted by molar-refractivity contribution is -0.143. The zero-order valence-corrected chi connectivity index (χ0v) is 25.9. The molecule has 1 fully saturated rings. The van der Waals surface area contributed by atoms with Crippen molar-refractivity contribution in [3.63, 3.8) is 0 Å². The van der Waals surface area contributed by atoms with E-state index in [1.165, 1.54) is 6.92 Å². The van der Waals surface area contributed by atoms with Crippen molar-refractivity contribution in [2.45, 2.75) is 78.3 Å². The van der Waals surface area contributed by atoms with Crippen LogP contribution in [0.15, 0.2) is 77.0 Å². The minimum Gasteiger partial charge on any atom is -0.490 e. The van der Waals surface area contributed by atoms with Gasteiger partial charge in [0.05, 0.1) is 11.1 Å². The van der Waals surface area contributed by atoms with E-state index in [9.17, 15) is 26.3 Å². The summed E-state index contributed by atoms with van der Waals surface area (Å²) in [5, 5.41) is 2.61. The predicted octanol–water partition coefficient (Wildman–Crippen LogP) is 10.2. The Hall–Kier alpha value is -3.53. The third-order valence-electron chi connectivity index (χ3n) is 7.30. The van der Waals surface area contributed by atoms with Gasteiger partial charge in [0.25, 0.3) is 0 Å². The number of aliphatic imine (C=N–C) groups is 1. The van der Waals surface area contributed by atoms with Crippen molar-refractivity contribution in [2.24, 2.45) is 4.99 Å². The van der Waals surface area contributed by atoms with E-state index in [4.69, 9.17) is 4.74 Å². The fourth-order valence-corrected chi connectivity index (χ4v) is 4.88. The minimum atomic E-state index is -4.94. The largest absolute Gasteiger partial charge is 0.490 e. The lowest BCUT2D eigenvalue weighted by Crippen LogP contribution is -2.35.